The van der Waals surface area contributed by atoms with E-state index in [-0.39, 0.29) is 0 Å². The molecule has 15 aromatic rings. The highest BCUT2D eigenvalue weighted by atomic mass is 15.0. The van der Waals surface area contributed by atoms with Crippen LogP contribution in [0.2, 0.25) is 0 Å². The van der Waals surface area contributed by atoms with Gasteiger partial charge in [0.2, 0.25) is 0 Å². The van der Waals surface area contributed by atoms with Crippen molar-refractivity contribution in [3.63, 3.8) is 0 Å². The molecule has 0 aliphatic heterocycles. The van der Waals surface area contributed by atoms with E-state index in [0.29, 0.717) is 0 Å². The van der Waals surface area contributed by atoms with Crippen molar-refractivity contribution in [2.45, 2.75) is 10.8 Å². The van der Waals surface area contributed by atoms with Crippen LogP contribution in [0.4, 0.5) is 0 Å². The number of hydrogen-bond donors (Lipinski definition) is 0. The second-order valence-electron chi connectivity index (χ2n) is 22.3. The summed E-state index contributed by atoms with van der Waals surface area (Å²) in [6, 6.07) is 118. The van der Waals surface area contributed by atoms with Gasteiger partial charge in [0.1, 0.15) is 0 Å². The fourth-order valence-electron chi connectivity index (χ4n) is 14.8. The minimum Gasteiger partial charge on any atom is -0.309 e. The van der Waals surface area contributed by atoms with Crippen LogP contribution in [0.1, 0.15) is 44.5 Å². The highest BCUT2D eigenvalue weighted by Crippen LogP contribution is 2.66. The Bertz CT molecular complexity index is 4740. The fraction of sp³-hybridized carbons (Fsp3) is 0.0250. The molecule has 2 heterocycles. The lowest BCUT2D eigenvalue weighted by atomic mass is 9.44. The van der Waals surface area contributed by atoms with Gasteiger partial charge in [0, 0.05) is 32.9 Å². The van der Waals surface area contributed by atoms with E-state index in [9.17, 15) is 0 Å². The zero-order valence-electron chi connectivity index (χ0n) is 44.9. The lowest BCUT2D eigenvalue weighted by molar-refractivity contribution is 0.557. The fourth-order valence-corrected chi connectivity index (χ4v) is 14.8. The number of fused-ring (bicyclic) bond motifs is 6. The number of rotatable bonds is 8. The first-order chi connectivity index (χ1) is 40.7. The SMILES string of the molecule is c1ccc(-c2ccc3c(c2)c2cc(-c4ccccc4)ccc2n3-c2cccc(C34c5ccccc5C(c5ccccc5)(c5ccccc53)c3cc(-n5c6ccc(-c7ccccc7)cc6c6cc(-c7ccccc7)ccc65)ccc34)c2)cc1. The first kappa shape index (κ1) is 46.4. The molecule has 0 unspecified atom stereocenters. The summed E-state index contributed by atoms with van der Waals surface area (Å²) in [5, 5.41) is 4.92. The van der Waals surface area contributed by atoms with E-state index in [2.05, 4.69) is 325 Å². The lowest BCUT2D eigenvalue weighted by Gasteiger charge is -2.57. The van der Waals surface area contributed by atoms with Gasteiger partial charge in [-0.05, 0) is 162 Å². The van der Waals surface area contributed by atoms with E-state index in [1.165, 1.54) is 133 Å². The van der Waals surface area contributed by atoms with Gasteiger partial charge in [-0.2, -0.15) is 0 Å². The summed E-state index contributed by atoms with van der Waals surface area (Å²) >= 11 is 0. The third-order valence-electron chi connectivity index (χ3n) is 18.2. The standard InChI is InChI=1S/C80H52N2/c1-6-21-53(22-7-1)57-37-43-75-65(47-57)66-48-58(54-23-8-2-9-24-54)38-44-76(66)81(75)63-32-20-31-62(51-63)80-71-35-18-16-33-69(71)79(61-29-14-5-15-30-61,70-34-17-19-36-72(70)80)74-52-64(41-42-73(74)80)82-77-45-39-59(55-25-10-3-11-26-55)49-67(77)68-50-60(40-46-78(68)82)56-27-12-4-13-28-56/h1-52H. The Labute approximate surface area is 476 Å². The number of hydrogen-bond acceptors (Lipinski definition) is 0. The molecule has 0 fully saturated rings. The van der Waals surface area contributed by atoms with E-state index in [1.807, 2.05) is 0 Å². The van der Waals surface area contributed by atoms with Crippen LogP contribution in [-0.4, -0.2) is 9.13 Å². The molecule has 2 aromatic heterocycles. The average Bonchev–Trinajstić information content (AvgIpc) is 0.825. The zero-order valence-corrected chi connectivity index (χ0v) is 44.9. The van der Waals surface area contributed by atoms with E-state index >= 15 is 0 Å². The van der Waals surface area contributed by atoms with Crippen molar-refractivity contribution in [1.82, 2.24) is 9.13 Å². The van der Waals surface area contributed by atoms with E-state index in [1.54, 1.807) is 0 Å². The Balaban J connectivity index is 0.930. The molecule has 0 amide bonds. The van der Waals surface area contributed by atoms with Crippen LogP contribution in [-0.2, 0) is 10.8 Å². The van der Waals surface area contributed by atoms with Crippen molar-refractivity contribution in [2.75, 3.05) is 0 Å². The third-order valence-corrected chi connectivity index (χ3v) is 18.2. The number of nitrogens with zero attached hydrogens (tertiary/aromatic N) is 2. The topological polar surface area (TPSA) is 9.86 Å². The van der Waals surface area contributed by atoms with Gasteiger partial charge in [0.25, 0.3) is 0 Å². The summed E-state index contributed by atoms with van der Waals surface area (Å²) in [6.07, 6.45) is 0. The predicted molar refractivity (Wildman–Crippen MR) is 341 cm³/mol. The molecule has 0 N–H and O–H groups in total. The number of aromatic nitrogens is 2. The van der Waals surface area contributed by atoms with Crippen molar-refractivity contribution in [1.29, 1.82) is 0 Å². The molecular weight excluding hydrogens is 989 g/mol. The van der Waals surface area contributed by atoms with Gasteiger partial charge < -0.3 is 9.13 Å². The Morgan fingerprint density at radius 3 is 0.866 bits per heavy atom. The van der Waals surface area contributed by atoms with Crippen LogP contribution >= 0.6 is 0 Å². The molecule has 0 saturated heterocycles. The second-order valence-corrected chi connectivity index (χ2v) is 22.3. The van der Waals surface area contributed by atoms with Crippen LogP contribution in [0.15, 0.2) is 315 Å². The summed E-state index contributed by atoms with van der Waals surface area (Å²) in [5.41, 5.74) is 25.7. The van der Waals surface area contributed by atoms with Gasteiger partial charge >= 0.3 is 0 Å². The quantitative estimate of drug-likeness (QED) is 0.144. The monoisotopic (exact) mass is 1040 g/mol. The summed E-state index contributed by atoms with van der Waals surface area (Å²) in [4.78, 5) is 0. The Morgan fingerprint density at radius 2 is 0.488 bits per heavy atom. The first-order valence-corrected chi connectivity index (χ1v) is 28.6. The Hall–Kier alpha value is -10.5. The molecule has 13 aromatic carbocycles. The molecule has 0 spiro atoms. The maximum absolute atomic E-state index is 2.56. The van der Waals surface area contributed by atoms with Crippen LogP contribution in [0.3, 0.4) is 0 Å². The van der Waals surface area contributed by atoms with E-state index < -0.39 is 10.8 Å². The van der Waals surface area contributed by atoms with Gasteiger partial charge in [-0.3, -0.25) is 0 Å². The van der Waals surface area contributed by atoms with Crippen LogP contribution in [0, 0.1) is 0 Å². The number of benzene rings is 13. The maximum Gasteiger partial charge on any atom is 0.0712 e. The van der Waals surface area contributed by atoms with Crippen LogP contribution < -0.4 is 0 Å². The Morgan fingerprint density at radius 1 is 0.183 bits per heavy atom. The van der Waals surface area contributed by atoms with Gasteiger partial charge in [0.05, 0.1) is 32.9 Å². The van der Waals surface area contributed by atoms with Gasteiger partial charge in [-0.15, -0.1) is 0 Å². The molecule has 82 heavy (non-hydrogen) atoms. The molecular formula is C80H52N2. The highest BCUT2D eigenvalue weighted by molar-refractivity contribution is 6.13. The molecule has 18 rings (SSSR count). The zero-order chi connectivity index (χ0) is 53.9. The molecule has 2 nitrogen and oxygen atoms in total. The largest absolute Gasteiger partial charge is 0.309 e. The summed E-state index contributed by atoms with van der Waals surface area (Å²) in [6.45, 7) is 0. The smallest absolute Gasteiger partial charge is 0.0712 e. The van der Waals surface area contributed by atoms with Crippen LogP contribution in [0.5, 0.6) is 0 Å². The highest BCUT2D eigenvalue weighted by Gasteiger charge is 2.60. The second kappa shape index (κ2) is 18.0. The van der Waals surface area contributed by atoms with Crippen molar-refractivity contribution in [2.24, 2.45) is 0 Å². The molecule has 3 aliphatic rings. The summed E-state index contributed by atoms with van der Waals surface area (Å²) in [7, 11) is 0. The summed E-state index contributed by atoms with van der Waals surface area (Å²) < 4.78 is 5.03. The van der Waals surface area contributed by atoms with Gasteiger partial charge in [-0.1, -0.05) is 243 Å². The van der Waals surface area contributed by atoms with Crippen molar-refractivity contribution in [3.05, 3.63) is 360 Å². The molecule has 0 atom stereocenters. The minimum absolute atomic E-state index is 0.626. The molecule has 3 aliphatic carbocycles. The molecule has 0 saturated carbocycles. The predicted octanol–water partition coefficient (Wildman–Crippen LogP) is 19.9. The normalized spacial score (nSPS) is 15.9. The van der Waals surface area contributed by atoms with Gasteiger partial charge in [0.15, 0.2) is 0 Å². The molecule has 382 valence electrons. The average molecular weight is 1040 g/mol. The lowest BCUT2D eigenvalue weighted by Crippen LogP contribution is -2.52. The van der Waals surface area contributed by atoms with Crippen molar-refractivity contribution in [3.8, 4) is 55.9 Å². The Kier molecular flexibility index (Phi) is 10.2. The van der Waals surface area contributed by atoms with Crippen molar-refractivity contribution >= 4 is 43.6 Å². The molecule has 2 heteroatoms. The van der Waals surface area contributed by atoms with Crippen molar-refractivity contribution < 1.29 is 0 Å². The molecule has 2 bridgehead atoms. The minimum atomic E-state index is -0.677. The molecule has 0 radical (unpaired) electrons. The summed E-state index contributed by atoms with van der Waals surface area (Å²) in [5.74, 6) is 0. The maximum atomic E-state index is 2.56. The van der Waals surface area contributed by atoms with Gasteiger partial charge in [-0.25, -0.2) is 0 Å². The van der Waals surface area contributed by atoms with E-state index in [0.717, 1.165) is 11.4 Å². The van der Waals surface area contributed by atoms with Crippen LogP contribution in [0.25, 0.3) is 99.5 Å². The first-order valence-electron chi connectivity index (χ1n) is 28.6. The van der Waals surface area contributed by atoms with E-state index in [4.69, 9.17) is 0 Å². The third kappa shape index (κ3) is 6.58.